The van der Waals surface area contributed by atoms with E-state index in [-0.39, 0.29) is 50.9 Å². The molecule has 4 aliphatic rings. The Bertz CT molecular complexity index is 3530. The van der Waals surface area contributed by atoms with E-state index in [4.69, 9.17) is 58.6 Å². The highest BCUT2D eigenvalue weighted by molar-refractivity contribution is 7.48. The zero-order valence-electron chi connectivity index (χ0n) is 43.5. The number of nitrogens with zero attached hydrogens (tertiary/aromatic N) is 12. The third kappa shape index (κ3) is 7.63. The Morgan fingerprint density at radius 1 is 0.590 bits per heavy atom. The van der Waals surface area contributed by atoms with E-state index < -0.39 is 132 Å². The van der Waals surface area contributed by atoms with Gasteiger partial charge in [0.05, 0.1) is 76.2 Å². The van der Waals surface area contributed by atoms with Crippen LogP contribution in [-0.2, 0) is 72.2 Å². The second-order valence-electron chi connectivity index (χ2n) is 21.3. The fourth-order valence-electron chi connectivity index (χ4n) is 11.7. The number of aliphatic hydroxyl groups excluding tert-OH is 3. The van der Waals surface area contributed by atoms with Crippen LogP contribution < -0.4 is 17.2 Å². The summed E-state index contributed by atoms with van der Waals surface area (Å²) in [5, 5.41) is 33.1. The topological polar surface area (TPSA) is 465 Å². The third-order valence-corrected chi connectivity index (χ3v) is 20.9. The van der Waals surface area contributed by atoms with Crippen LogP contribution in [0.15, 0.2) is 38.0 Å². The Hall–Kier alpha value is -4.86. The van der Waals surface area contributed by atoms with Crippen LogP contribution in [0.25, 0.3) is 33.5 Å². The fraction of sp³-hybridized carbons (Fsp3) is 0.643. The number of hydrogen-bond donors (Lipinski definition) is 9. The number of anilines is 3. The molecule has 0 spiro atoms. The van der Waals surface area contributed by atoms with Crippen molar-refractivity contribution in [2.75, 3.05) is 56.8 Å². The maximum atomic E-state index is 14.6. The Morgan fingerprint density at radius 2 is 1.03 bits per heavy atom. The minimum atomic E-state index is -5.42. The van der Waals surface area contributed by atoms with Gasteiger partial charge in [0.1, 0.15) is 52.8 Å². The summed E-state index contributed by atoms with van der Waals surface area (Å²) in [5.74, 6) is 0.0123. The number of fused-ring (bicyclic) bond motifs is 4. The normalized spacial score (nSPS) is 39.3. The zero-order valence-corrected chi connectivity index (χ0v) is 46.1. The first-order valence-electron chi connectivity index (χ1n) is 24.0. The highest BCUT2D eigenvalue weighted by atomic mass is 31.2. The number of aromatic nitrogens is 12. The van der Waals surface area contributed by atoms with E-state index >= 15 is 0 Å². The predicted molar refractivity (Wildman–Crippen MR) is 266 cm³/mol. The highest BCUT2D eigenvalue weighted by Gasteiger charge is 2.79. The minimum absolute atomic E-state index is 0.00797. The summed E-state index contributed by atoms with van der Waals surface area (Å²) in [6.45, 7) is 8.55. The molecular formula is C42H60N15O18P3. The van der Waals surface area contributed by atoms with Gasteiger partial charge >= 0.3 is 23.5 Å². The number of ether oxygens (including phenoxy) is 3. The number of nitrogens with two attached hydrogens (primary N) is 3. The second-order valence-corrected chi connectivity index (χ2v) is 25.4. The van der Waals surface area contributed by atoms with E-state index in [0.717, 1.165) is 6.33 Å². The fourth-order valence-corrected chi connectivity index (χ4v) is 15.4. The van der Waals surface area contributed by atoms with E-state index in [0.29, 0.717) is 0 Å². The molecule has 10 rings (SSSR count). The van der Waals surface area contributed by atoms with E-state index in [1.807, 2.05) is 0 Å². The molecule has 0 aliphatic carbocycles. The van der Waals surface area contributed by atoms with Gasteiger partial charge in [-0.1, -0.05) is 20.8 Å². The van der Waals surface area contributed by atoms with Crippen LogP contribution in [0.1, 0.15) is 62.3 Å². The molecule has 33 nitrogen and oxygen atoms in total. The predicted octanol–water partition coefficient (Wildman–Crippen LogP) is 1.15. The van der Waals surface area contributed by atoms with Gasteiger partial charge in [-0.2, -0.15) is 0 Å². The summed E-state index contributed by atoms with van der Waals surface area (Å²) in [4.78, 5) is 72.2. The van der Waals surface area contributed by atoms with Gasteiger partial charge in [-0.3, -0.25) is 40.8 Å². The summed E-state index contributed by atoms with van der Waals surface area (Å²) in [6.07, 6.45) is 3.28. The standard InChI is InChI=1S/C42H60N15O18P3/c1-34(13-59)23(11-68-77(63,64)74-38(5)35(2,14-60)22(10-58)70-41(38,8)56-20-53-26-29(44)47-17-50-32(26)56)71-40(7,55-19-52-25-28(43)46-16-49-31(25)55)36(34,3)15-69-76(61,62)67-12-24-37(4)39(6,75-78(65,66)73-37)42(9,72-24)57-21-54-27-30(45)48-18-51-33(27)57/h16-24,58-60H,10-15H2,1-9H3,(H,61,62)(H,63,64)(H,65,66)(H2,43,46,49)(H2,44,47,50)(H2,45,48,51)/t22-,23-,24-,34+,35+,36?,37+,38?,39?,40-,41-,42-/m1/s1. The van der Waals surface area contributed by atoms with Crippen molar-refractivity contribution in [1.82, 2.24) is 58.6 Å². The van der Waals surface area contributed by atoms with Crippen molar-refractivity contribution < 1.29 is 85.0 Å². The Labute approximate surface area is 442 Å². The molecule has 0 radical (unpaired) electrons. The third-order valence-electron chi connectivity index (χ3n) is 17.7. The molecule has 36 heteroatoms. The monoisotopic (exact) mass is 1160 g/mol. The van der Waals surface area contributed by atoms with Crippen LogP contribution in [0.4, 0.5) is 17.5 Å². The maximum absolute atomic E-state index is 14.6. The molecule has 12 N–H and O–H groups in total. The number of phosphoric ester groups is 3. The van der Waals surface area contributed by atoms with Crippen molar-refractivity contribution in [2.24, 2.45) is 16.2 Å². The summed E-state index contributed by atoms with van der Waals surface area (Å²) >= 11 is 0. The first-order chi connectivity index (χ1) is 36.2. The SMILES string of the molecule is CC1(COP(=O)(O)OC[C@H]2O[C@@](C)(n3cnc4c(N)ncnc43)C3(C)OP(=O)(O)O[C@@]23C)[C@@](C)(CO)[C@@H](COP(=O)(O)OC2(C)[C@@](C)(CO)[C@@H](CO)O[C@@]2(C)n2cnc3c(N)ncnc32)O[C@@]1(C)n1cnc2c(N)ncnc21. The largest absolute Gasteiger partial charge is 0.473 e. The van der Waals surface area contributed by atoms with Crippen molar-refractivity contribution in [1.29, 1.82) is 0 Å². The van der Waals surface area contributed by atoms with Crippen molar-refractivity contribution in [3.8, 4) is 0 Å². The van der Waals surface area contributed by atoms with Crippen LogP contribution in [0.2, 0.25) is 0 Å². The van der Waals surface area contributed by atoms with Gasteiger partial charge < -0.3 is 61.4 Å². The molecule has 15 atom stereocenters. The molecule has 78 heavy (non-hydrogen) atoms. The van der Waals surface area contributed by atoms with Gasteiger partial charge in [0, 0.05) is 10.8 Å². The van der Waals surface area contributed by atoms with Crippen LogP contribution in [-0.4, -0.2) is 163 Å². The van der Waals surface area contributed by atoms with E-state index in [2.05, 4.69) is 44.9 Å². The van der Waals surface area contributed by atoms with Gasteiger partial charge in [-0.25, -0.2) is 58.6 Å². The molecule has 0 amide bonds. The van der Waals surface area contributed by atoms with Gasteiger partial charge in [0.2, 0.25) is 0 Å². The molecule has 6 unspecified atom stereocenters. The van der Waals surface area contributed by atoms with Gasteiger partial charge in [-0.15, -0.1) is 0 Å². The zero-order chi connectivity index (χ0) is 56.9. The van der Waals surface area contributed by atoms with Gasteiger partial charge in [0.15, 0.2) is 57.2 Å². The molecule has 4 fully saturated rings. The maximum Gasteiger partial charge on any atom is 0.473 e. The van der Waals surface area contributed by atoms with Crippen LogP contribution in [0.3, 0.4) is 0 Å². The van der Waals surface area contributed by atoms with Crippen LogP contribution in [0, 0.1) is 16.2 Å². The van der Waals surface area contributed by atoms with Crippen molar-refractivity contribution in [2.45, 2.75) is 115 Å². The summed E-state index contributed by atoms with van der Waals surface area (Å²) in [5.41, 5.74) is 2.69. The number of hydrogen-bond acceptors (Lipinski definition) is 27. The number of aliphatic hydroxyl groups is 3. The van der Waals surface area contributed by atoms with Crippen molar-refractivity contribution in [3.05, 3.63) is 38.0 Å². The summed E-state index contributed by atoms with van der Waals surface area (Å²) in [6, 6.07) is 0. The molecule has 0 aromatic carbocycles. The quantitative estimate of drug-likeness (QED) is 0.0578. The first kappa shape index (κ1) is 56.4. The van der Waals surface area contributed by atoms with Crippen molar-refractivity contribution in [3.63, 3.8) is 0 Å². The lowest BCUT2D eigenvalue weighted by Gasteiger charge is -2.47. The highest BCUT2D eigenvalue weighted by Crippen LogP contribution is 2.71. The van der Waals surface area contributed by atoms with Gasteiger partial charge in [0.25, 0.3) is 0 Å². The second kappa shape index (κ2) is 18.1. The number of nitrogen functional groups attached to an aromatic ring is 3. The molecule has 10 heterocycles. The molecule has 6 aromatic heterocycles. The average Bonchev–Trinajstić information content (AvgIpc) is 4.23. The summed E-state index contributed by atoms with van der Waals surface area (Å²) < 4.78 is 101. The molecule has 426 valence electrons. The number of imidazole rings is 3. The Kier molecular flexibility index (Phi) is 13.1. The lowest BCUT2D eigenvalue weighted by Crippen LogP contribution is -2.59. The molecule has 6 aromatic rings. The number of rotatable bonds is 17. The smallest absolute Gasteiger partial charge is 0.396 e. The van der Waals surface area contributed by atoms with Crippen molar-refractivity contribution >= 4 is 74.4 Å². The van der Waals surface area contributed by atoms with E-state index in [1.165, 1.54) is 108 Å². The molecular weight excluding hydrogens is 1100 g/mol. The molecule has 4 saturated heterocycles. The van der Waals surface area contributed by atoms with E-state index in [1.54, 1.807) is 0 Å². The van der Waals surface area contributed by atoms with Crippen LogP contribution in [0.5, 0.6) is 0 Å². The molecule has 0 bridgehead atoms. The minimum Gasteiger partial charge on any atom is -0.396 e. The lowest BCUT2D eigenvalue weighted by molar-refractivity contribution is -0.175. The Balaban J connectivity index is 0.951. The molecule has 0 saturated carbocycles. The Morgan fingerprint density at radius 3 is 1.51 bits per heavy atom. The van der Waals surface area contributed by atoms with Gasteiger partial charge in [-0.05, 0) is 41.5 Å². The molecule has 4 aliphatic heterocycles. The first-order valence-corrected chi connectivity index (χ1v) is 28.4. The summed E-state index contributed by atoms with van der Waals surface area (Å²) in [7, 11) is -15.6. The van der Waals surface area contributed by atoms with Crippen LogP contribution >= 0.6 is 23.5 Å². The number of phosphoric acid groups is 3. The lowest BCUT2D eigenvalue weighted by atomic mass is 9.61. The average molecular weight is 1160 g/mol. The van der Waals surface area contributed by atoms with E-state index in [9.17, 15) is 43.7 Å².